The number of carbonyl (C=O) groups is 1. The molecule has 0 bridgehead atoms. The van der Waals surface area contributed by atoms with Gasteiger partial charge in [-0.1, -0.05) is 11.6 Å². The van der Waals surface area contributed by atoms with Crippen molar-refractivity contribution in [2.75, 3.05) is 6.54 Å². The van der Waals surface area contributed by atoms with E-state index in [-0.39, 0.29) is 11.9 Å². The molecule has 1 fully saturated rings. The van der Waals surface area contributed by atoms with Crippen LogP contribution < -0.4 is 0 Å². The van der Waals surface area contributed by atoms with Gasteiger partial charge in [0, 0.05) is 12.7 Å². The summed E-state index contributed by atoms with van der Waals surface area (Å²) in [5.74, 6) is -0.0810. The minimum Gasteiger partial charge on any atom is -0.391 e. The zero-order valence-corrected chi connectivity index (χ0v) is 10.6. The van der Waals surface area contributed by atoms with Gasteiger partial charge < -0.3 is 15.0 Å². The van der Waals surface area contributed by atoms with E-state index in [1.54, 1.807) is 24.1 Å². The smallest absolute Gasteiger partial charge is 0.270 e. The predicted molar refractivity (Wildman–Crippen MR) is 66.2 cm³/mol. The molecule has 1 aliphatic rings. The molecule has 2 unspecified atom stereocenters. The standard InChI is InChI=1S/C12H17ClN2O2/c1-8(16)11-4-2-3-5-15(11)12(17)10-6-9(13)7-14-10/h6-8,11,14,16H,2-5H2,1H3. The molecular formula is C12H17ClN2O2. The van der Waals surface area contributed by atoms with E-state index in [4.69, 9.17) is 11.6 Å². The van der Waals surface area contributed by atoms with Crippen LogP contribution in [0.15, 0.2) is 12.3 Å². The van der Waals surface area contributed by atoms with Crippen molar-refractivity contribution in [1.82, 2.24) is 9.88 Å². The highest BCUT2D eigenvalue weighted by molar-refractivity contribution is 6.30. The topological polar surface area (TPSA) is 56.3 Å². The van der Waals surface area contributed by atoms with Crippen LogP contribution in [-0.2, 0) is 0 Å². The molecule has 2 atom stereocenters. The molecule has 1 aliphatic heterocycles. The van der Waals surface area contributed by atoms with Crippen molar-refractivity contribution in [3.8, 4) is 0 Å². The molecule has 0 spiro atoms. The van der Waals surface area contributed by atoms with Crippen LogP contribution in [0.25, 0.3) is 0 Å². The maximum atomic E-state index is 12.3. The summed E-state index contributed by atoms with van der Waals surface area (Å²) in [6.07, 6.45) is 4.01. The van der Waals surface area contributed by atoms with Crippen LogP contribution >= 0.6 is 11.6 Å². The van der Waals surface area contributed by atoms with Crippen molar-refractivity contribution in [2.45, 2.75) is 38.3 Å². The molecule has 94 valence electrons. The quantitative estimate of drug-likeness (QED) is 0.851. The highest BCUT2D eigenvalue weighted by Crippen LogP contribution is 2.22. The van der Waals surface area contributed by atoms with Crippen molar-refractivity contribution < 1.29 is 9.90 Å². The van der Waals surface area contributed by atoms with Crippen LogP contribution in [0, 0.1) is 0 Å². The van der Waals surface area contributed by atoms with Gasteiger partial charge in [0.05, 0.1) is 17.2 Å². The second-order valence-corrected chi connectivity index (χ2v) is 4.97. The fourth-order valence-corrected chi connectivity index (χ4v) is 2.52. The van der Waals surface area contributed by atoms with E-state index in [1.165, 1.54) is 0 Å². The SMILES string of the molecule is CC(O)C1CCCCN1C(=O)c1cc(Cl)c[nH]1. The Labute approximate surface area is 106 Å². The molecule has 5 heteroatoms. The van der Waals surface area contributed by atoms with E-state index in [0.29, 0.717) is 17.3 Å². The summed E-state index contributed by atoms with van der Waals surface area (Å²) in [7, 11) is 0. The van der Waals surface area contributed by atoms with E-state index in [2.05, 4.69) is 4.98 Å². The third kappa shape index (κ3) is 2.64. The number of H-pyrrole nitrogens is 1. The Morgan fingerprint density at radius 1 is 1.65 bits per heavy atom. The Morgan fingerprint density at radius 2 is 2.41 bits per heavy atom. The molecule has 0 saturated carbocycles. The molecule has 2 heterocycles. The first-order valence-electron chi connectivity index (χ1n) is 5.92. The number of piperidine rings is 1. The molecule has 1 aromatic rings. The van der Waals surface area contributed by atoms with Gasteiger partial charge in [0.2, 0.25) is 0 Å². The highest BCUT2D eigenvalue weighted by Gasteiger charge is 2.30. The average molecular weight is 257 g/mol. The van der Waals surface area contributed by atoms with Gasteiger partial charge in [-0.3, -0.25) is 4.79 Å². The van der Waals surface area contributed by atoms with Crippen molar-refractivity contribution in [1.29, 1.82) is 0 Å². The number of aliphatic hydroxyl groups is 1. The summed E-state index contributed by atoms with van der Waals surface area (Å²) < 4.78 is 0. The van der Waals surface area contributed by atoms with Gasteiger partial charge in [0.25, 0.3) is 5.91 Å². The highest BCUT2D eigenvalue weighted by atomic mass is 35.5. The number of nitrogens with one attached hydrogen (secondary N) is 1. The number of aromatic nitrogens is 1. The third-order valence-corrected chi connectivity index (χ3v) is 3.46. The molecule has 17 heavy (non-hydrogen) atoms. The maximum Gasteiger partial charge on any atom is 0.270 e. The monoisotopic (exact) mass is 256 g/mol. The van der Waals surface area contributed by atoms with E-state index in [1.807, 2.05) is 0 Å². The number of aliphatic hydroxyl groups excluding tert-OH is 1. The lowest BCUT2D eigenvalue weighted by Crippen LogP contribution is -2.49. The van der Waals surface area contributed by atoms with Gasteiger partial charge in [-0.2, -0.15) is 0 Å². The number of nitrogens with zero attached hydrogens (tertiary/aromatic N) is 1. The molecule has 2 N–H and O–H groups in total. The lowest BCUT2D eigenvalue weighted by atomic mass is 9.98. The van der Waals surface area contributed by atoms with Crippen molar-refractivity contribution in [2.24, 2.45) is 0 Å². The van der Waals surface area contributed by atoms with Gasteiger partial charge in [-0.05, 0) is 32.3 Å². The maximum absolute atomic E-state index is 12.3. The summed E-state index contributed by atoms with van der Waals surface area (Å²) in [6.45, 7) is 2.43. The zero-order chi connectivity index (χ0) is 12.4. The summed E-state index contributed by atoms with van der Waals surface area (Å²) in [5, 5.41) is 10.2. The number of hydrogen-bond donors (Lipinski definition) is 2. The second-order valence-electron chi connectivity index (χ2n) is 4.53. The Balaban J connectivity index is 2.16. The Kier molecular flexibility index (Phi) is 3.74. The van der Waals surface area contributed by atoms with Crippen LogP contribution in [0.4, 0.5) is 0 Å². The first-order valence-corrected chi connectivity index (χ1v) is 6.30. The van der Waals surface area contributed by atoms with E-state index < -0.39 is 6.10 Å². The molecule has 2 rings (SSSR count). The van der Waals surface area contributed by atoms with Crippen LogP contribution in [0.1, 0.15) is 36.7 Å². The predicted octanol–water partition coefficient (Wildman–Crippen LogP) is 2.04. The normalized spacial score (nSPS) is 22.5. The summed E-state index contributed by atoms with van der Waals surface area (Å²) in [4.78, 5) is 16.9. The van der Waals surface area contributed by atoms with E-state index in [0.717, 1.165) is 19.3 Å². The molecule has 0 radical (unpaired) electrons. The Morgan fingerprint density at radius 3 is 3.00 bits per heavy atom. The molecule has 1 amide bonds. The van der Waals surface area contributed by atoms with Gasteiger partial charge in [-0.15, -0.1) is 0 Å². The van der Waals surface area contributed by atoms with Gasteiger partial charge in [-0.25, -0.2) is 0 Å². The number of hydrogen-bond acceptors (Lipinski definition) is 2. The number of halogens is 1. The molecule has 1 aromatic heterocycles. The lowest BCUT2D eigenvalue weighted by Gasteiger charge is -2.37. The Hall–Kier alpha value is -1.00. The van der Waals surface area contributed by atoms with Gasteiger partial charge in [0.1, 0.15) is 5.69 Å². The minimum absolute atomic E-state index is 0.0810. The molecule has 0 aromatic carbocycles. The third-order valence-electron chi connectivity index (χ3n) is 3.25. The van der Waals surface area contributed by atoms with Crippen LogP contribution in [0.5, 0.6) is 0 Å². The van der Waals surface area contributed by atoms with Crippen LogP contribution in [0.2, 0.25) is 5.02 Å². The van der Waals surface area contributed by atoms with Crippen LogP contribution in [-0.4, -0.2) is 39.6 Å². The van der Waals surface area contributed by atoms with Gasteiger partial charge in [0.15, 0.2) is 0 Å². The summed E-state index contributed by atoms with van der Waals surface area (Å²) in [6, 6.07) is 1.54. The number of rotatable bonds is 2. The first-order chi connectivity index (χ1) is 8.09. The van der Waals surface area contributed by atoms with Crippen molar-refractivity contribution in [3.05, 3.63) is 23.0 Å². The number of likely N-dealkylation sites (tertiary alicyclic amines) is 1. The summed E-state index contributed by atoms with van der Waals surface area (Å²) in [5.41, 5.74) is 0.488. The molecule has 4 nitrogen and oxygen atoms in total. The minimum atomic E-state index is -0.496. The fraction of sp³-hybridized carbons (Fsp3) is 0.583. The van der Waals surface area contributed by atoms with E-state index in [9.17, 15) is 9.90 Å². The first kappa shape index (κ1) is 12.5. The zero-order valence-electron chi connectivity index (χ0n) is 9.82. The largest absolute Gasteiger partial charge is 0.391 e. The fourth-order valence-electron chi connectivity index (χ4n) is 2.36. The Bertz CT molecular complexity index is 403. The molecule has 1 saturated heterocycles. The van der Waals surface area contributed by atoms with Crippen molar-refractivity contribution in [3.63, 3.8) is 0 Å². The van der Waals surface area contributed by atoms with E-state index >= 15 is 0 Å². The van der Waals surface area contributed by atoms with Gasteiger partial charge >= 0.3 is 0 Å². The second kappa shape index (κ2) is 5.10. The number of aromatic amines is 1. The molecular weight excluding hydrogens is 240 g/mol. The van der Waals surface area contributed by atoms with Crippen molar-refractivity contribution >= 4 is 17.5 Å². The lowest BCUT2D eigenvalue weighted by molar-refractivity contribution is 0.0277. The average Bonchev–Trinajstić information content (AvgIpc) is 2.75. The number of amides is 1. The van der Waals surface area contributed by atoms with Crippen LogP contribution in [0.3, 0.4) is 0 Å². The molecule has 0 aliphatic carbocycles. The number of carbonyl (C=O) groups excluding carboxylic acids is 1. The summed E-state index contributed by atoms with van der Waals surface area (Å²) >= 11 is 5.79.